The normalized spacial score (nSPS) is 12.8. The lowest BCUT2D eigenvalue weighted by Crippen LogP contribution is -2.05. The first-order valence-electron chi connectivity index (χ1n) is 8.50. The molecule has 0 saturated heterocycles. The first kappa shape index (κ1) is 15.0. The topological polar surface area (TPSA) is 57.4 Å². The number of hydrogen-bond acceptors (Lipinski definition) is 5. The van der Waals surface area contributed by atoms with Crippen molar-refractivity contribution in [1.29, 1.82) is 0 Å². The van der Waals surface area contributed by atoms with Gasteiger partial charge in [0.1, 0.15) is 11.3 Å². The SMILES string of the molecule is COc1nc(-c2ccccc2)nc2c1CCOc1c-2oc2ccccc12. The summed E-state index contributed by atoms with van der Waals surface area (Å²) >= 11 is 0. The summed E-state index contributed by atoms with van der Waals surface area (Å²) in [6, 6.07) is 17.7. The van der Waals surface area contributed by atoms with Crippen LogP contribution in [0.3, 0.4) is 0 Å². The molecule has 5 nitrogen and oxygen atoms in total. The van der Waals surface area contributed by atoms with Gasteiger partial charge in [-0.25, -0.2) is 4.98 Å². The molecule has 0 radical (unpaired) electrons. The number of benzene rings is 2. The molecule has 26 heavy (non-hydrogen) atoms. The van der Waals surface area contributed by atoms with Gasteiger partial charge in [0.15, 0.2) is 17.3 Å². The quantitative estimate of drug-likeness (QED) is 0.536. The molecule has 0 spiro atoms. The van der Waals surface area contributed by atoms with Crippen LogP contribution in [0, 0.1) is 0 Å². The van der Waals surface area contributed by atoms with Gasteiger partial charge in [0.2, 0.25) is 5.88 Å². The lowest BCUT2D eigenvalue weighted by Gasteiger charge is -2.11. The smallest absolute Gasteiger partial charge is 0.220 e. The van der Waals surface area contributed by atoms with Crippen LogP contribution >= 0.6 is 0 Å². The molecule has 5 rings (SSSR count). The van der Waals surface area contributed by atoms with Gasteiger partial charge >= 0.3 is 0 Å². The van der Waals surface area contributed by atoms with Crippen LogP contribution in [0.5, 0.6) is 11.6 Å². The Morgan fingerprint density at radius 3 is 2.62 bits per heavy atom. The molecule has 1 aliphatic heterocycles. The first-order chi connectivity index (χ1) is 12.8. The van der Waals surface area contributed by atoms with E-state index in [1.807, 2.05) is 54.6 Å². The van der Waals surface area contributed by atoms with Crippen LogP contribution in [0.4, 0.5) is 0 Å². The van der Waals surface area contributed by atoms with Crippen molar-refractivity contribution in [2.75, 3.05) is 13.7 Å². The zero-order valence-corrected chi connectivity index (χ0v) is 14.2. The Labute approximate surface area is 150 Å². The van der Waals surface area contributed by atoms with Crippen LogP contribution < -0.4 is 9.47 Å². The number of hydrogen-bond donors (Lipinski definition) is 0. The van der Waals surface area contributed by atoms with E-state index in [0.717, 1.165) is 33.5 Å². The fourth-order valence-corrected chi connectivity index (χ4v) is 3.34. The Kier molecular flexibility index (Phi) is 3.38. The van der Waals surface area contributed by atoms with Crippen LogP contribution in [0.15, 0.2) is 59.0 Å². The molecule has 0 bridgehead atoms. The van der Waals surface area contributed by atoms with Crippen molar-refractivity contribution < 1.29 is 13.9 Å². The van der Waals surface area contributed by atoms with Crippen LogP contribution in [0.2, 0.25) is 0 Å². The van der Waals surface area contributed by atoms with E-state index in [0.29, 0.717) is 30.5 Å². The fourth-order valence-electron chi connectivity index (χ4n) is 3.34. The molecule has 4 aromatic rings. The number of aromatic nitrogens is 2. The second-order valence-corrected chi connectivity index (χ2v) is 6.10. The Hall–Kier alpha value is -3.34. The van der Waals surface area contributed by atoms with Crippen molar-refractivity contribution >= 4 is 11.0 Å². The van der Waals surface area contributed by atoms with Crippen molar-refractivity contribution in [3.8, 4) is 34.5 Å². The van der Waals surface area contributed by atoms with E-state index in [9.17, 15) is 0 Å². The molecule has 3 heterocycles. The van der Waals surface area contributed by atoms with Gasteiger partial charge in [-0.1, -0.05) is 42.5 Å². The number of nitrogens with zero attached hydrogens (tertiary/aromatic N) is 2. The summed E-state index contributed by atoms with van der Waals surface area (Å²) in [6.07, 6.45) is 0.659. The third-order valence-corrected chi connectivity index (χ3v) is 4.56. The molecule has 0 N–H and O–H groups in total. The Morgan fingerprint density at radius 1 is 0.962 bits per heavy atom. The minimum Gasteiger partial charge on any atom is -0.488 e. The summed E-state index contributed by atoms with van der Waals surface area (Å²) in [6.45, 7) is 0.522. The number of furan rings is 1. The van der Waals surface area contributed by atoms with Crippen molar-refractivity contribution in [2.45, 2.75) is 6.42 Å². The Morgan fingerprint density at radius 2 is 1.77 bits per heavy atom. The number of para-hydroxylation sites is 1. The maximum atomic E-state index is 6.12. The highest BCUT2D eigenvalue weighted by Gasteiger charge is 2.27. The van der Waals surface area contributed by atoms with E-state index < -0.39 is 0 Å². The van der Waals surface area contributed by atoms with Crippen LogP contribution in [-0.2, 0) is 6.42 Å². The van der Waals surface area contributed by atoms with Gasteiger partial charge in [0.05, 0.1) is 19.1 Å². The molecular weight excluding hydrogens is 328 g/mol. The van der Waals surface area contributed by atoms with Gasteiger partial charge in [-0.3, -0.25) is 0 Å². The minimum atomic E-state index is 0.522. The summed E-state index contributed by atoms with van der Waals surface area (Å²) in [4.78, 5) is 9.44. The summed E-state index contributed by atoms with van der Waals surface area (Å²) in [7, 11) is 1.63. The highest BCUT2D eigenvalue weighted by Crippen LogP contribution is 2.44. The maximum absolute atomic E-state index is 6.12. The summed E-state index contributed by atoms with van der Waals surface area (Å²) in [5.74, 6) is 2.54. The standard InChI is InChI=1S/C21H16N2O3/c1-24-21-15-11-12-25-18-14-9-5-6-10-16(14)26-19(18)17(15)22-20(23-21)13-7-3-2-4-8-13/h2-10H,11-12H2,1H3. The number of rotatable bonds is 2. The van der Waals surface area contributed by atoms with Gasteiger partial charge in [0.25, 0.3) is 0 Å². The molecule has 1 aliphatic rings. The maximum Gasteiger partial charge on any atom is 0.220 e. The molecule has 2 aromatic heterocycles. The second kappa shape index (κ2) is 5.88. The van der Waals surface area contributed by atoms with E-state index in [1.165, 1.54) is 0 Å². The molecule has 0 atom stereocenters. The first-order valence-corrected chi connectivity index (χ1v) is 8.50. The van der Waals surface area contributed by atoms with Crippen LogP contribution in [0.1, 0.15) is 5.56 Å². The zero-order valence-electron chi connectivity index (χ0n) is 14.2. The molecule has 2 aromatic carbocycles. The van der Waals surface area contributed by atoms with E-state index in [-0.39, 0.29) is 0 Å². The molecule has 5 heteroatoms. The summed E-state index contributed by atoms with van der Waals surface area (Å²) in [5.41, 5.74) is 3.35. The Balaban J connectivity index is 1.81. The third-order valence-electron chi connectivity index (χ3n) is 4.56. The van der Waals surface area contributed by atoms with Gasteiger partial charge < -0.3 is 13.9 Å². The molecule has 0 aliphatic carbocycles. The van der Waals surface area contributed by atoms with E-state index in [2.05, 4.69) is 4.98 Å². The van der Waals surface area contributed by atoms with Gasteiger partial charge in [-0.05, 0) is 12.1 Å². The van der Waals surface area contributed by atoms with Gasteiger partial charge in [-0.2, -0.15) is 4.98 Å². The summed E-state index contributed by atoms with van der Waals surface area (Å²) < 4.78 is 17.7. The van der Waals surface area contributed by atoms with Crippen LogP contribution in [0.25, 0.3) is 33.8 Å². The predicted octanol–water partition coefficient (Wildman–Crippen LogP) is 4.50. The number of methoxy groups -OCH3 is 1. The molecule has 0 fully saturated rings. The van der Waals surface area contributed by atoms with Gasteiger partial charge in [0, 0.05) is 17.5 Å². The summed E-state index contributed by atoms with van der Waals surface area (Å²) in [5, 5.41) is 0.953. The Bertz CT molecular complexity index is 1100. The molecule has 0 saturated carbocycles. The van der Waals surface area contributed by atoms with Crippen molar-refractivity contribution in [2.24, 2.45) is 0 Å². The van der Waals surface area contributed by atoms with E-state index >= 15 is 0 Å². The lowest BCUT2D eigenvalue weighted by atomic mass is 10.1. The van der Waals surface area contributed by atoms with Crippen molar-refractivity contribution in [3.05, 3.63) is 60.2 Å². The molecular formula is C21H16N2O3. The predicted molar refractivity (Wildman–Crippen MR) is 98.4 cm³/mol. The molecule has 0 amide bonds. The lowest BCUT2D eigenvalue weighted by molar-refractivity contribution is 0.323. The number of ether oxygens (including phenoxy) is 2. The van der Waals surface area contributed by atoms with E-state index in [1.54, 1.807) is 7.11 Å². The van der Waals surface area contributed by atoms with Crippen molar-refractivity contribution in [1.82, 2.24) is 9.97 Å². The van der Waals surface area contributed by atoms with E-state index in [4.69, 9.17) is 18.9 Å². The average Bonchev–Trinajstić information content (AvgIpc) is 2.97. The zero-order chi connectivity index (χ0) is 17.5. The highest BCUT2D eigenvalue weighted by molar-refractivity contribution is 5.92. The van der Waals surface area contributed by atoms with Crippen LogP contribution in [-0.4, -0.2) is 23.7 Å². The van der Waals surface area contributed by atoms with Crippen molar-refractivity contribution in [3.63, 3.8) is 0 Å². The highest BCUT2D eigenvalue weighted by atomic mass is 16.5. The minimum absolute atomic E-state index is 0.522. The average molecular weight is 344 g/mol. The third kappa shape index (κ3) is 2.24. The van der Waals surface area contributed by atoms with Gasteiger partial charge in [-0.15, -0.1) is 0 Å². The largest absolute Gasteiger partial charge is 0.488 e. The molecule has 0 unspecified atom stereocenters. The number of fused-ring (bicyclic) bond motifs is 5. The molecule has 128 valence electrons. The monoisotopic (exact) mass is 344 g/mol. The fraction of sp³-hybridized carbons (Fsp3) is 0.143. The second-order valence-electron chi connectivity index (χ2n) is 6.10.